The number of ether oxygens (including phenoxy) is 2. The van der Waals surface area contributed by atoms with Gasteiger partial charge in [-0.1, -0.05) is 79.8 Å². The van der Waals surface area contributed by atoms with E-state index >= 15 is 0 Å². The number of aromatic nitrogens is 2. The minimum absolute atomic E-state index is 0.0777. The van der Waals surface area contributed by atoms with Crippen molar-refractivity contribution in [3.05, 3.63) is 101 Å². The van der Waals surface area contributed by atoms with Gasteiger partial charge in [-0.15, -0.1) is 0 Å². The summed E-state index contributed by atoms with van der Waals surface area (Å²) in [6, 6.07) is 25.5. The zero-order chi connectivity index (χ0) is 29.7. The van der Waals surface area contributed by atoms with E-state index in [0.29, 0.717) is 42.7 Å². The number of aryl methyl sites for hydroxylation is 1. The molecule has 4 aromatic rings. The Morgan fingerprint density at radius 3 is 2.31 bits per heavy atom. The normalized spacial score (nSPS) is 10.4. The summed E-state index contributed by atoms with van der Waals surface area (Å²) in [5, 5.41) is 3.08. The number of benzene rings is 3. The summed E-state index contributed by atoms with van der Waals surface area (Å²) in [6.45, 7) is 5.42. The average molecular weight is 563 g/mol. The van der Waals surface area contributed by atoms with Crippen LogP contribution in [0.2, 0.25) is 0 Å². The van der Waals surface area contributed by atoms with Gasteiger partial charge < -0.3 is 19.7 Å². The zero-order valence-electron chi connectivity index (χ0n) is 24.8. The van der Waals surface area contributed by atoms with Crippen molar-refractivity contribution in [1.82, 2.24) is 15.3 Å². The first-order valence-corrected chi connectivity index (χ1v) is 14.3. The average Bonchev–Trinajstić information content (AvgIpc) is 3.03. The summed E-state index contributed by atoms with van der Waals surface area (Å²) in [5.74, 6) is 9.14. The molecule has 4 rings (SSSR count). The van der Waals surface area contributed by atoms with Crippen molar-refractivity contribution in [2.75, 3.05) is 38.8 Å². The molecule has 0 unspecified atom stereocenters. The van der Waals surface area contributed by atoms with E-state index in [1.54, 1.807) is 14.2 Å². The topological polar surface area (TPSA) is 76.6 Å². The first kappa shape index (κ1) is 30.1. The van der Waals surface area contributed by atoms with Gasteiger partial charge in [-0.05, 0) is 49.6 Å². The van der Waals surface area contributed by atoms with Crippen molar-refractivity contribution in [2.45, 2.75) is 33.1 Å². The SMILES string of the molecule is CCCCN(CC(=O)NCCc1ccc(OC)c(OC)c1)c1nc(-c2ccccc2)nc(C)c1C#Cc1ccccc1. The Morgan fingerprint density at radius 2 is 1.62 bits per heavy atom. The molecule has 0 saturated heterocycles. The van der Waals surface area contributed by atoms with Gasteiger partial charge in [0, 0.05) is 24.2 Å². The van der Waals surface area contributed by atoms with E-state index in [1.165, 1.54) is 0 Å². The third kappa shape index (κ3) is 8.11. The van der Waals surface area contributed by atoms with Gasteiger partial charge in [0.05, 0.1) is 32.0 Å². The van der Waals surface area contributed by atoms with Crippen LogP contribution in [-0.4, -0.2) is 49.7 Å². The monoisotopic (exact) mass is 562 g/mol. The van der Waals surface area contributed by atoms with Gasteiger partial charge >= 0.3 is 0 Å². The lowest BCUT2D eigenvalue weighted by Crippen LogP contribution is -2.39. The molecule has 216 valence electrons. The Balaban J connectivity index is 1.59. The third-order valence-corrected chi connectivity index (χ3v) is 6.81. The van der Waals surface area contributed by atoms with Crippen molar-refractivity contribution in [3.8, 4) is 34.7 Å². The summed E-state index contributed by atoms with van der Waals surface area (Å²) in [5.41, 5.74) is 4.38. The lowest BCUT2D eigenvalue weighted by atomic mass is 10.1. The number of amides is 1. The van der Waals surface area contributed by atoms with Crippen molar-refractivity contribution in [1.29, 1.82) is 0 Å². The molecule has 3 aromatic carbocycles. The Hall–Kier alpha value is -4.83. The largest absolute Gasteiger partial charge is 0.493 e. The van der Waals surface area contributed by atoms with Gasteiger partial charge in [-0.25, -0.2) is 9.97 Å². The second kappa shape index (κ2) is 15.2. The summed E-state index contributed by atoms with van der Waals surface area (Å²) >= 11 is 0. The van der Waals surface area contributed by atoms with Crippen LogP contribution in [0.5, 0.6) is 11.5 Å². The van der Waals surface area contributed by atoms with Gasteiger partial charge in [0.25, 0.3) is 0 Å². The van der Waals surface area contributed by atoms with E-state index in [0.717, 1.165) is 40.8 Å². The van der Waals surface area contributed by atoms with Gasteiger partial charge in [-0.3, -0.25) is 4.79 Å². The molecule has 42 heavy (non-hydrogen) atoms. The fourth-order valence-electron chi connectivity index (χ4n) is 4.53. The van der Waals surface area contributed by atoms with Crippen LogP contribution in [0.25, 0.3) is 11.4 Å². The number of carbonyl (C=O) groups is 1. The Kier molecular flexibility index (Phi) is 10.9. The Morgan fingerprint density at radius 1 is 0.905 bits per heavy atom. The highest BCUT2D eigenvalue weighted by molar-refractivity contribution is 5.82. The number of nitrogens with one attached hydrogen (secondary N) is 1. The van der Waals surface area contributed by atoms with Crippen LogP contribution in [0, 0.1) is 18.8 Å². The van der Waals surface area contributed by atoms with Crippen LogP contribution < -0.4 is 19.7 Å². The van der Waals surface area contributed by atoms with E-state index < -0.39 is 0 Å². The zero-order valence-corrected chi connectivity index (χ0v) is 24.8. The van der Waals surface area contributed by atoms with Crippen molar-refractivity contribution in [3.63, 3.8) is 0 Å². The molecule has 0 spiro atoms. The van der Waals surface area contributed by atoms with Crippen LogP contribution in [0.3, 0.4) is 0 Å². The number of hydrogen-bond donors (Lipinski definition) is 1. The fraction of sp³-hybridized carbons (Fsp3) is 0.286. The molecule has 1 aromatic heterocycles. The highest BCUT2D eigenvalue weighted by atomic mass is 16.5. The molecule has 7 nitrogen and oxygen atoms in total. The van der Waals surface area contributed by atoms with Crippen LogP contribution in [-0.2, 0) is 11.2 Å². The van der Waals surface area contributed by atoms with Gasteiger partial charge in [0.2, 0.25) is 5.91 Å². The summed E-state index contributed by atoms with van der Waals surface area (Å²) in [7, 11) is 3.23. The third-order valence-electron chi connectivity index (χ3n) is 6.81. The molecule has 0 bridgehead atoms. The molecule has 7 heteroatoms. The smallest absolute Gasteiger partial charge is 0.239 e. The van der Waals surface area contributed by atoms with Crippen LogP contribution in [0.15, 0.2) is 78.9 Å². The first-order valence-electron chi connectivity index (χ1n) is 14.3. The van der Waals surface area contributed by atoms with Gasteiger partial charge in [0.15, 0.2) is 17.3 Å². The molecule has 0 radical (unpaired) electrons. The quantitative estimate of drug-likeness (QED) is 0.219. The molecule has 0 fully saturated rings. The van der Waals surface area contributed by atoms with E-state index in [2.05, 4.69) is 24.1 Å². The second-order valence-electron chi connectivity index (χ2n) is 9.88. The lowest BCUT2D eigenvalue weighted by Gasteiger charge is -2.25. The number of nitrogens with zero attached hydrogens (tertiary/aromatic N) is 3. The predicted molar refractivity (Wildman–Crippen MR) is 168 cm³/mol. The predicted octanol–water partition coefficient (Wildman–Crippen LogP) is 5.83. The molecule has 0 aliphatic carbocycles. The molecular formula is C35H38N4O3. The fourth-order valence-corrected chi connectivity index (χ4v) is 4.53. The van der Waals surface area contributed by atoms with E-state index in [4.69, 9.17) is 19.4 Å². The minimum Gasteiger partial charge on any atom is -0.493 e. The number of carbonyl (C=O) groups excluding carboxylic acids is 1. The second-order valence-corrected chi connectivity index (χ2v) is 9.88. The number of unbranched alkanes of at least 4 members (excludes halogenated alkanes) is 1. The van der Waals surface area contributed by atoms with Crippen LogP contribution >= 0.6 is 0 Å². The lowest BCUT2D eigenvalue weighted by molar-refractivity contribution is -0.119. The highest BCUT2D eigenvalue weighted by Crippen LogP contribution is 2.28. The summed E-state index contributed by atoms with van der Waals surface area (Å²) < 4.78 is 10.7. The molecule has 0 atom stereocenters. The van der Waals surface area contributed by atoms with Crippen LogP contribution in [0.4, 0.5) is 5.82 Å². The number of anilines is 1. The van der Waals surface area contributed by atoms with Crippen molar-refractivity contribution < 1.29 is 14.3 Å². The standard InChI is InChI=1S/C35H38N4O3/c1-5-6-23-39(25-33(40)36-22-21-28-18-20-31(41-3)32(24-28)42-4)35-30(19-17-27-13-9-7-10-14-27)26(2)37-34(38-35)29-15-11-8-12-16-29/h7-16,18,20,24H,5-6,21-23,25H2,1-4H3,(H,36,40). The Labute approximate surface area is 248 Å². The molecular weight excluding hydrogens is 524 g/mol. The molecule has 1 N–H and O–H groups in total. The number of methoxy groups -OCH3 is 2. The highest BCUT2D eigenvalue weighted by Gasteiger charge is 2.20. The van der Waals surface area contributed by atoms with Gasteiger partial charge in [0.1, 0.15) is 5.82 Å². The first-order chi connectivity index (χ1) is 20.5. The van der Waals surface area contributed by atoms with E-state index in [9.17, 15) is 4.79 Å². The van der Waals surface area contributed by atoms with Gasteiger partial charge in [-0.2, -0.15) is 0 Å². The molecule has 0 saturated carbocycles. The van der Waals surface area contributed by atoms with E-state index in [-0.39, 0.29) is 12.5 Å². The summed E-state index contributed by atoms with van der Waals surface area (Å²) in [6.07, 6.45) is 2.56. The molecule has 0 aliphatic heterocycles. The number of rotatable bonds is 12. The van der Waals surface area contributed by atoms with Crippen LogP contribution in [0.1, 0.15) is 42.1 Å². The maximum Gasteiger partial charge on any atom is 0.239 e. The van der Waals surface area contributed by atoms with Crippen molar-refractivity contribution in [2.24, 2.45) is 0 Å². The Bertz CT molecular complexity index is 1530. The molecule has 0 aliphatic rings. The molecule has 1 heterocycles. The molecule has 1 amide bonds. The maximum absolute atomic E-state index is 13.3. The van der Waals surface area contributed by atoms with Crippen molar-refractivity contribution >= 4 is 11.7 Å². The number of hydrogen-bond acceptors (Lipinski definition) is 6. The van der Waals surface area contributed by atoms with E-state index in [1.807, 2.05) is 90.7 Å². The minimum atomic E-state index is -0.0777. The maximum atomic E-state index is 13.3. The summed E-state index contributed by atoms with van der Waals surface area (Å²) in [4.78, 5) is 25.1.